The minimum atomic E-state index is -0.682. The second-order valence-corrected chi connectivity index (χ2v) is 4.05. The predicted octanol–water partition coefficient (Wildman–Crippen LogP) is 2.00. The summed E-state index contributed by atoms with van der Waals surface area (Å²) in [5.41, 5.74) is 7.59. The lowest BCUT2D eigenvalue weighted by Gasteiger charge is -2.05. The summed E-state index contributed by atoms with van der Waals surface area (Å²) < 4.78 is 13.2. The number of primary amides is 1. The average Bonchev–Trinajstić information content (AvgIpc) is 2.31. The molecule has 1 heterocycles. The fourth-order valence-electron chi connectivity index (χ4n) is 1.63. The van der Waals surface area contributed by atoms with E-state index in [1.807, 2.05) is 0 Å². The molecule has 0 aliphatic rings. The average molecular weight is 245 g/mol. The molecule has 0 unspecified atom stereocenters. The van der Waals surface area contributed by atoms with Crippen molar-refractivity contribution in [2.45, 2.75) is 13.8 Å². The SMILES string of the molecule is Cc1cc(-c2ccc(F)c(C)c2)nc(C(N)=O)n1. The zero-order valence-corrected chi connectivity index (χ0v) is 10.1. The Morgan fingerprint density at radius 2 is 1.94 bits per heavy atom. The highest BCUT2D eigenvalue weighted by atomic mass is 19.1. The lowest BCUT2D eigenvalue weighted by molar-refractivity contribution is 0.0990. The van der Waals surface area contributed by atoms with Gasteiger partial charge in [-0.3, -0.25) is 4.79 Å². The van der Waals surface area contributed by atoms with Gasteiger partial charge in [0.2, 0.25) is 5.82 Å². The topological polar surface area (TPSA) is 68.9 Å². The van der Waals surface area contributed by atoms with E-state index in [-0.39, 0.29) is 11.6 Å². The summed E-state index contributed by atoms with van der Waals surface area (Å²) in [4.78, 5) is 19.1. The molecule has 5 heteroatoms. The van der Waals surface area contributed by atoms with E-state index in [2.05, 4.69) is 9.97 Å². The third-order valence-corrected chi connectivity index (χ3v) is 2.53. The molecule has 1 amide bonds. The first-order valence-electron chi connectivity index (χ1n) is 5.39. The van der Waals surface area contributed by atoms with Gasteiger partial charge in [0.05, 0.1) is 5.69 Å². The van der Waals surface area contributed by atoms with Gasteiger partial charge in [-0.15, -0.1) is 0 Å². The number of hydrogen-bond donors (Lipinski definition) is 1. The third kappa shape index (κ3) is 2.34. The van der Waals surface area contributed by atoms with Crippen molar-refractivity contribution in [3.63, 3.8) is 0 Å². The number of halogens is 1. The van der Waals surface area contributed by atoms with Gasteiger partial charge in [0, 0.05) is 11.3 Å². The zero-order valence-electron chi connectivity index (χ0n) is 10.1. The molecule has 2 rings (SSSR count). The molecule has 18 heavy (non-hydrogen) atoms. The van der Waals surface area contributed by atoms with Crippen LogP contribution in [0.4, 0.5) is 4.39 Å². The van der Waals surface area contributed by atoms with E-state index in [9.17, 15) is 9.18 Å². The van der Waals surface area contributed by atoms with Crippen molar-refractivity contribution in [2.24, 2.45) is 5.73 Å². The Kier molecular flexibility index (Phi) is 3.06. The van der Waals surface area contributed by atoms with Crippen molar-refractivity contribution in [1.29, 1.82) is 0 Å². The van der Waals surface area contributed by atoms with Crippen LogP contribution in [0, 0.1) is 19.7 Å². The summed E-state index contributed by atoms with van der Waals surface area (Å²) in [7, 11) is 0. The predicted molar refractivity (Wildman–Crippen MR) is 65.4 cm³/mol. The minimum absolute atomic E-state index is 0.0352. The zero-order chi connectivity index (χ0) is 13.3. The van der Waals surface area contributed by atoms with Crippen LogP contribution in [0.1, 0.15) is 21.9 Å². The van der Waals surface area contributed by atoms with Gasteiger partial charge in [-0.1, -0.05) is 0 Å². The first kappa shape index (κ1) is 12.2. The maximum absolute atomic E-state index is 13.2. The second-order valence-electron chi connectivity index (χ2n) is 4.05. The molecule has 1 aromatic carbocycles. The van der Waals surface area contributed by atoms with Crippen LogP contribution in [-0.4, -0.2) is 15.9 Å². The van der Waals surface area contributed by atoms with E-state index in [4.69, 9.17) is 5.73 Å². The van der Waals surface area contributed by atoms with E-state index >= 15 is 0 Å². The van der Waals surface area contributed by atoms with Crippen LogP contribution in [0.25, 0.3) is 11.3 Å². The van der Waals surface area contributed by atoms with E-state index in [0.717, 1.165) is 5.56 Å². The van der Waals surface area contributed by atoms with Gasteiger partial charge >= 0.3 is 0 Å². The first-order chi connectivity index (χ1) is 8.47. The fourth-order valence-corrected chi connectivity index (χ4v) is 1.63. The number of carbonyl (C=O) groups excluding carboxylic acids is 1. The van der Waals surface area contributed by atoms with Crippen molar-refractivity contribution in [2.75, 3.05) is 0 Å². The Bertz CT molecular complexity index is 626. The number of hydrogen-bond acceptors (Lipinski definition) is 3. The van der Waals surface area contributed by atoms with Gasteiger partial charge in [0.15, 0.2) is 0 Å². The number of rotatable bonds is 2. The van der Waals surface area contributed by atoms with Crippen molar-refractivity contribution >= 4 is 5.91 Å². The summed E-state index contributed by atoms with van der Waals surface area (Å²) in [5.74, 6) is -0.995. The molecular weight excluding hydrogens is 233 g/mol. The molecule has 2 aromatic rings. The Morgan fingerprint density at radius 3 is 2.56 bits per heavy atom. The molecule has 0 aliphatic carbocycles. The summed E-state index contributed by atoms with van der Waals surface area (Å²) in [6.07, 6.45) is 0. The highest BCUT2D eigenvalue weighted by Gasteiger charge is 2.09. The van der Waals surface area contributed by atoms with Crippen molar-refractivity contribution in [3.05, 3.63) is 47.2 Å². The van der Waals surface area contributed by atoms with Crippen LogP contribution in [0.3, 0.4) is 0 Å². The van der Waals surface area contributed by atoms with Crippen LogP contribution in [-0.2, 0) is 0 Å². The summed E-state index contributed by atoms with van der Waals surface area (Å²) in [6, 6.07) is 6.36. The molecule has 0 atom stereocenters. The lowest BCUT2D eigenvalue weighted by Crippen LogP contribution is -2.16. The van der Waals surface area contributed by atoms with Crippen molar-refractivity contribution in [1.82, 2.24) is 9.97 Å². The maximum atomic E-state index is 13.2. The molecule has 92 valence electrons. The fraction of sp³-hybridized carbons (Fsp3) is 0.154. The van der Waals surface area contributed by atoms with E-state index in [1.165, 1.54) is 6.07 Å². The van der Waals surface area contributed by atoms with Gasteiger partial charge in [0.1, 0.15) is 5.82 Å². The third-order valence-electron chi connectivity index (χ3n) is 2.53. The van der Waals surface area contributed by atoms with Crippen LogP contribution in [0.5, 0.6) is 0 Å². The molecule has 0 fully saturated rings. The monoisotopic (exact) mass is 245 g/mol. The molecule has 4 nitrogen and oxygen atoms in total. The lowest BCUT2D eigenvalue weighted by atomic mass is 10.1. The molecule has 0 saturated carbocycles. The quantitative estimate of drug-likeness (QED) is 0.879. The Balaban J connectivity index is 2.56. The number of carbonyl (C=O) groups is 1. The smallest absolute Gasteiger partial charge is 0.286 e. The normalized spacial score (nSPS) is 10.4. The molecule has 0 radical (unpaired) electrons. The minimum Gasteiger partial charge on any atom is -0.363 e. The Morgan fingerprint density at radius 1 is 1.22 bits per heavy atom. The highest BCUT2D eigenvalue weighted by Crippen LogP contribution is 2.20. The molecule has 0 saturated heterocycles. The second kappa shape index (κ2) is 4.52. The summed E-state index contributed by atoms with van der Waals surface area (Å²) >= 11 is 0. The van der Waals surface area contributed by atoms with Gasteiger partial charge in [0.25, 0.3) is 5.91 Å². The molecular formula is C13H12FN3O. The van der Waals surface area contributed by atoms with Crippen LogP contribution >= 0.6 is 0 Å². The number of amides is 1. The number of benzene rings is 1. The number of aryl methyl sites for hydroxylation is 2. The molecule has 1 aromatic heterocycles. The molecule has 0 aliphatic heterocycles. The van der Waals surface area contributed by atoms with Gasteiger partial charge in [-0.25, -0.2) is 14.4 Å². The van der Waals surface area contributed by atoms with Gasteiger partial charge in [-0.05, 0) is 43.7 Å². The highest BCUT2D eigenvalue weighted by molar-refractivity contribution is 5.89. The number of aromatic nitrogens is 2. The molecule has 0 spiro atoms. The maximum Gasteiger partial charge on any atom is 0.286 e. The number of nitrogens with two attached hydrogens (primary N) is 1. The van der Waals surface area contributed by atoms with E-state index < -0.39 is 5.91 Å². The Labute approximate surface area is 104 Å². The first-order valence-corrected chi connectivity index (χ1v) is 5.39. The van der Waals surface area contributed by atoms with E-state index in [1.54, 1.807) is 32.0 Å². The van der Waals surface area contributed by atoms with Gasteiger partial charge in [-0.2, -0.15) is 0 Å². The standard InChI is InChI=1S/C13H12FN3O/c1-7-5-9(3-4-10(7)14)11-6-8(2)16-13(17-11)12(15)18/h3-6H,1-2H3,(H2,15,18). The van der Waals surface area contributed by atoms with Gasteiger partial charge < -0.3 is 5.73 Å². The number of nitrogens with zero attached hydrogens (tertiary/aromatic N) is 2. The Hall–Kier alpha value is -2.30. The summed E-state index contributed by atoms with van der Waals surface area (Å²) in [5, 5.41) is 0. The van der Waals surface area contributed by atoms with Crippen LogP contribution < -0.4 is 5.73 Å². The largest absolute Gasteiger partial charge is 0.363 e. The van der Waals surface area contributed by atoms with E-state index in [0.29, 0.717) is 17.0 Å². The molecule has 0 bridgehead atoms. The van der Waals surface area contributed by atoms with Crippen LogP contribution in [0.15, 0.2) is 24.3 Å². The molecule has 2 N–H and O–H groups in total. The van der Waals surface area contributed by atoms with Crippen molar-refractivity contribution in [3.8, 4) is 11.3 Å². The van der Waals surface area contributed by atoms with Crippen molar-refractivity contribution < 1.29 is 9.18 Å². The summed E-state index contributed by atoms with van der Waals surface area (Å²) in [6.45, 7) is 3.41. The van der Waals surface area contributed by atoms with Crippen LogP contribution in [0.2, 0.25) is 0 Å².